The minimum absolute atomic E-state index is 0.152. The number of rotatable bonds is 5. The van der Waals surface area contributed by atoms with E-state index in [9.17, 15) is 4.79 Å². The molecule has 0 spiro atoms. The zero-order valence-corrected chi connectivity index (χ0v) is 12.2. The van der Waals surface area contributed by atoms with Crippen LogP contribution in [0.25, 0.3) is 0 Å². The molecule has 110 valence electrons. The smallest absolute Gasteiger partial charge is 0.271 e. The van der Waals surface area contributed by atoms with Crippen molar-refractivity contribution in [1.82, 2.24) is 15.5 Å². The van der Waals surface area contributed by atoms with Crippen molar-refractivity contribution in [3.8, 4) is 0 Å². The van der Waals surface area contributed by atoms with Crippen molar-refractivity contribution in [3.63, 3.8) is 0 Å². The van der Waals surface area contributed by atoms with Gasteiger partial charge in [0.05, 0.1) is 0 Å². The van der Waals surface area contributed by atoms with E-state index >= 15 is 0 Å². The van der Waals surface area contributed by atoms with Gasteiger partial charge < -0.3 is 10.6 Å². The van der Waals surface area contributed by atoms with E-state index in [4.69, 9.17) is 0 Å². The quantitative estimate of drug-likeness (QED) is 0.811. The van der Waals surface area contributed by atoms with Gasteiger partial charge in [0.1, 0.15) is 5.82 Å². The minimum Gasteiger partial charge on any atom is -0.366 e. The van der Waals surface area contributed by atoms with Crippen molar-refractivity contribution in [1.29, 1.82) is 0 Å². The predicted molar refractivity (Wildman–Crippen MR) is 79.8 cm³/mol. The predicted octanol–water partition coefficient (Wildman–Crippen LogP) is 2.75. The monoisotopic (exact) mass is 276 g/mol. The number of nitrogens with zero attached hydrogens (tertiary/aromatic N) is 2. The first-order valence-electron chi connectivity index (χ1n) is 7.68. The average molecular weight is 276 g/mol. The summed E-state index contributed by atoms with van der Waals surface area (Å²) in [6.45, 7) is 2.69. The molecule has 0 atom stereocenters. The van der Waals surface area contributed by atoms with Gasteiger partial charge in [0.15, 0.2) is 5.69 Å². The van der Waals surface area contributed by atoms with Crippen LogP contribution >= 0.6 is 0 Å². The van der Waals surface area contributed by atoms with Crippen molar-refractivity contribution < 1.29 is 4.79 Å². The molecular formula is C15H24N4O. The Kier molecular flexibility index (Phi) is 5.77. The molecule has 0 aromatic carbocycles. The maximum atomic E-state index is 11.7. The number of hydrogen-bond donors (Lipinski definition) is 2. The Labute approximate surface area is 120 Å². The molecule has 5 heteroatoms. The fourth-order valence-electron chi connectivity index (χ4n) is 2.49. The molecule has 0 saturated heterocycles. The first-order valence-corrected chi connectivity index (χ1v) is 7.68. The van der Waals surface area contributed by atoms with Crippen molar-refractivity contribution in [2.24, 2.45) is 0 Å². The van der Waals surface area contributed by atoms with Gasteiger partial charge in [0.2, 0.25) is 0 Å². The van der Waals surface area contributed by atoms with E-state index in [1.165, 1.54) is 38.5 Å². The lowest BCUT2D eigenvalue weighted by atomic mass is 10.1. The van der Waals surface area contributed by atoms with Crippen LogP contribution in [0, 0.1) is 0 Å². The highest BCUT2D eigenvalue weighted by atomic mass is 16.1. The minimum atomic E-state index is -0.152. The summed E-state index contributed by atoms with van der Waals surface area (Å²) in [5.74, 6) is 0.615. The van der Waals surface area contributed by atoms with Crippen LogP contribution in [0.5, 0.6) is 0 Å². The fraction of sp³-hybridized carbons (Fsp3) is 0.667. The molecule has 1 aromatic heterocycles. The number of carbonyl (C=O) groups is 1. The molecule has 1 saturated carbocycles. The van der Waals surface area contributed by atoms with E-state index in [0.717, 1.165) is 12.2 Å². The molecule has 2 rings (SSSR count). The SMILES string of the molecule is CCCNC(=O)c1ccc(NC2CCCCCC2)nn1. The third-order valence-corrected chi connectivity index (χ3v) is 3.64. The largest absolute Gasteiger partial charge is 0.366 e. The highest BCUT2D eigenvalue weighted by Gasteiger charge is 2.13. The number of amides is 1. The molecule has 0 radical (unpaired) electrons. The first kappa shape index (κ1) is 14.8. The fourth-order valence-corrected chi connectivity index (χ4v) is 2.49. The maximum absolute atomic E-state index is 11.7. The maximum Gasteiger partial charge on any atom is 0.271 e. The summed E-state index contributed by atoms with van der Waals surface area (Å²) < 4.78 is 0. The number of carbonyl (C=O) groups excluding carboxylic acids is 1. The molecule has 20 heavy (non-hydrogen) atoms. The van der Waals surface area contributed by atoms with E-state index in [1.54, 1.807) is 6.07 Å². The van der Waals surface area contributed by atoms with Gasteiger partial charge in [-0.05, 0) is 31.4 Å². The van der Waals surface area contributed by atoms with Gasteiger partial charge in [0.25, 0.3) is 5.91 Å². The molecule has 0 aliphatic heterocycles. The van der Waals surface area contributed by atoms with Crippen molar-refractivity contribution in [2.45, 2.75) is 57.9 Å². The summed E-state index contributed by atoms with van der Waals surface area (Å²) in [6.07, 6.45) is 8.54. The number of aromatic nitrogens is 2. The average Bonchev–Trinajstić information content (AvgIpc) is 2.74. The molecule has 1 aromatic rings. The van der Waals surface area contributed by atoms with E-state index < -0.39 is 0 Å². The summed E-state index contributed by atoms with van der Waals surface area (Å²) in [6, 6.07) is 4.07. The molecule has 1 amide bonds. The lowest BCUT2D eigenvalue weighted by molar-refractivity contribution is 0.0947. The Hall–Kier alpha value is -1.65. The number of hydrogen-bond acceptors (Lipinski definition) is 4. The molecule has 1 aliphatic rings. The second-order valence-electron chi connectivity index (χ2n) is 5.39. The third-order valence-electron chi connectivity index (χ3n) is 3.64. The van der Waals surface area contributed by atoms with Gasteiger partial charge in [-0.3, -0.25) is 4.79 Å². The first-order chi connectivity index (χ1) is 9.79. The Morgan fingerprint density at radius 2 is 1.95 bits per heavy atom. The van der Waals surface area contributed by atoms with Crippen molar-refractivity contribution in [3.05, 3.63) is 17.8 Å². The molecule has 1 heterocycles. The number of nitrogens with one attached hydrogen (secondary N) is 2. The topological polar surface area (TPSA) is 66.9 Å². The van der Waals surface area contributed by atoms with Crippen LogP contribution in [0.1, 0.15) is 62.4 Å². The van der Waals surface area contributed by atoms with Crippen molar-refractivity contribution >= 4 is 11.7 Å². The summed E-state index contributed by atoms with van der Waals surface area (Å²) in [5, 5.41) is 14.3. The molecule has 2 N–H and O–H groups in total. The highest BCUT2D eigenvalue weighted by Crippen LogP contribution is 2.20. The molecular weight excluding hydrogens is 252 g/mol. The zero-order chi connectivity index (χ0) is 14.2. The Morgan fingerprint density at radius 3 is 2.55 bits per heavy atom. The van der Waals surface area contributed by atoms with Crippen LogP contribution < -0.4 is 10.6 Å². The highest BCUT2D eigenvalue weighted by molar-refractivity contribution is 5.92. The van der Waals surface area contributed by atoms with Gasteiger partial charge in [-0.1, -0.05) is 32.6 Å². The van der Waals surface area contributed by atoms with Gasteiger partial charge in [0, 0.05) is 12.6 Å². The second kappa shape index (κ2) is 7.82. The molecule has 1 aliphatic carbocycles. The molecule has 0 bridgehead atoms. The van der Waals surface area contributed by atoms with Crippen LogP contribution in [0.2, 0.25) is 0 Å². The summed E-state index contributed by atoms with van der Waals surface area (Å²) in [4.78, 5) is 11.7. The van der Waals surface area contributed by atoms with Gasteiger partial charge >= 0.3 is 0 Å². The lowest BCUT2D eigenvalue weighted by Crippen LogP contribution is -2.25. The Morgan fingerprint density at radius 1 is 1.20 bits per heavy atom. The van der Waals surface area contributed by atoms with Crippen LogP contribution in [0.3, 0.4) is 0 Å². The van der Waals surface area contributed by atoms with Crippen LogP contribution in [-0.2, 0) is 0 Å². The van der Waals surface area contributed by atoms with Crippen LogP contribution in [0.4, 0.5) is 5.82 Å². The molecule has 0 unspecified atom stereocenters. The third kappa shape index (κ3) is 4.47. The van der Waals surface area contributed by atoms with Crippen molar-refractivity contribution in [2.75, 3.05) is 11.9 Å². The van der Waals surface area contributed by atoms with Gasteiger partial charge in [-0.2, -0.15) is 0 Å². The zero-order valence-electron chi connectivity index (χ0n) is 12.2. The summed E-state index contributed by atoms with van der Waals surface area (Å²) in [5.41, 5.74) is 0.380. The van der Waals surface area contributed by atoms with Gasteiger partial charge in [-0.15, -0.1) is 10.2 Å². The van der Waals surface area contributed by atoms with E-state index in [1.807, 2.05) is 13.0 Å². The van der Waals surface area contributed by atoms with E-state index in [2.05, 4.69) is 20.8 Å². The normalized spacial score (nSPS) is 16.4. The summed E-state index contributed by atoms with van der Waals surface area (Å²) in [7, 11) is 0. The molecule has 5 nitrogen and oxygen atoms in total. The number of anilines is 1. The standard InChI is InChI=1S/C15H24N4O/c1-2-11-16-15(20)13-9-10-14(19-18-13)17-12-7-5-3-4-6-8-12/h9-10,12H,2-8,11H2,1H3,(H,16,20)(H,17,19). The molecule has 1 fully saturated rings. The van der Waals surface area contributed by atoms with E-state index in [-0.39, 0.29) is 5.91 Å². The Bertz CT molecular complexity index is 410. The summed E-state index contributed by atoms with van der Waals surface area (Å²) >= 11 is 0. The van der Waals surface area contributed by atoms with Crippen LogP contribution in [0.15, 0.2) is 12.1 Å². The van der Waals surface area contributed by atoms with Gasteiger partial charge in [-0.25, -0.2) is 0 Å². The lowest BCUT2D eigenvalue weighted by Gasteiger charge is -2.16. The van der Waals surface area contributed by atoms with E-state index in [0.29, 0.717) is 18.3 Å². The second-order valence-corrected chi connectivity index (χ2v) is 5.39. The Balaban J connectivity index is 1.88. The van der Waals surface area contributed by atoms with Crippen LogP contribution in [-0.4, -0.2) is 28.7 Å².